The van der Waals surface area contributed by atoms with E-state index in [0.717, 1.165) is 0 Å². The van der Waals surface area contributed by atoms with E-state index < -0.39 is 5.82 Å². The summed E-state index contributed by atoms with van der Waals surface area (Å²) < 4.78 is 18.5. The standard InChI is InChI=1S/C12H15FN2O2/c1-7(2)5-15-10-4-9(14)8(13)3-11(10)17-6-12(15)16/h3-4,7H,5-6,14H2,1-2H3. The minimum Gasteiger partial charge on any atom is -0.481 e. The molecule has 92 valence electrons. The average molecular weight is 238 g/mol. The molecule has 4 nitrogen and oxygen atoms in total. The zero-order valence-corrected chi connectivity index (χ0v) is 9.87. The highest BCUT2D eigenvalue weighted by atomic mass is 19.1. The van der Waals surface area contributed by atoms with Crippen LogP contribution in [0.25, 0.3) is 0 Å². The molecule has 1 aromatic carbocycles. The Balaban J connectivity index is 2.43. The molecule has 0 bridgehead atoms. The Kier molecular flexibility index (Phi) is 2.92. The number of nitrogen functional groups attached to an aromatic ring is 1. The summed E-state index contributed by atoms with van der Waals surface area (Å²) in [5.74, 6) is 0.0351. The molecule has 0 unspecified atom stereocenters. The van der Waals surface area contributed by atoms with Crippen LogP contribution in [0.2, 0.25) is 0 Å². The lowest BCUT2D eigenvalue weighted by atomic mass is 10.1. The molecule has 1 aromatic rings. The number of halogens is 1. The fourth-order valence-electron chi connectivity index (χ4n) is 1.80. The first-order valence-corrected chi connectivity index (χ1v) is 5.51. The number of ether oxygens (including phenoxy) is 1. The zero-order chi connectivity index (χ0) is 12.6. The van der Waals surface area contributed by atoms with E-state index in [9.17, 15) is 9.18 Å². The van der Waals surface area contributed by atoms with Crippen LogP contribution in [0.4, 0.5) is 15.8 Å². The molecule has 0 atom stereocenters. The summed E-state index contributed by atoms with van der Waals surface area (Å²) in [5.41, 5.74) is 6.09. The van der Waals surface area contributed by atoms with Crippen molar-refractivity contribution in [1.82, 2.24) is 0 Å². The number of amides is 1. The van der Waals surface area contributed by atoms with Crippen molar-refractivity contribution in [3.63, 3.8) is 0 Å². The minimum absolute atomic E-state index is 0.0239. The molecule has 0 saturated carbocycles. The van der Waals surface area contributed by atoms with E-state index in [1.54, 1.807) is 4.90 Å². The summed E-state index contributed by atoms with van der Waals surface area (Å²) in [6.45, 7) is 4.54. The molecule has 0 aliphatic carbocycles. The third-order valence-corrected chi connectivity index (χ3v) is 2.57. The highest BCUT2D eigenvalue weighted by Crippen LogP contribution is 2.35. The van der Waals surface area contributed by atoms with Gasteiger partial charge in [0.1, 0.15) is 11.6 Å². The third kappa shape index (κ3) is 2.18. The number of anilines is 2. The Labute approximate surface area is 99.2 Å². The van der Waals surface area contributed by atoms with E-state index in [-0.39, 0.29) is 18.2 Å². The van der Waals surface area contributed by atoms with Gasteiger partial charge in [0.15, 0.2) is 6.61 Å². The number of hydrogen-bond acceptors (Lipinski definition) is 3. The second-order valence-electron chi connectivity index (χ2n) is 4.53. The SMILES string of the molecule is CC(C)CN1C(=O)COc2cc(F)c(N)cc21. The number of carbonyl (C=O) groups is 1. The van der Waals surface area contributed by atoms with Gasteiger partial charge in [0.05, 0.1) is 11.4 Å². The minimum atomic E-state index is -0.525. The molecule has 1 aliphatic rings. The van der Waals surface area contributed by atoms with Crippen molar-refractivity contribution in [2.45, 2.75) is 13.8 Å². The van der Waals surface area contributed by atoms with Crippen LogP contribution in [0, 0.1) is 11.7 Å². The fourth-order valence-corrected chi connectivity index (χ4v) is 1.80. The van der Waals surface area contributed by atoms with Crippen LogP contribution in [0.15, 0.2) is 12.1 Å². The van der Waals surface area contributed by atoms with Gasteiger partial charge in [-0.25, -0.2) is 4.39 Å². The Morgan fingerprint density at radius 1 is 1.53 bits per heavy atom. The first-order valence-electron chi connectivity index (χ1n) is 5.51. The quantitative estimate of drug-likeness (QED) is 0.799. The smallest absolute Gasteiger partial charge is 0.265 e. The first kappa shape index (κ1) is 11.7. The normalized spacial score (nSPS) is 14.8. The predicted molar refractivity (Wildman–Crippen MR) is 63.5 cm³/mol. The first-order chi connectivity index (χ1) is 7.99. The van der Waals surface area contributed by atoms with Gasteiger partial charge in [0.2, 0.25) is 0 Å². The number of nitrogens with two attached hydrogens (primary N) is 1. The fraction of sp³-hybridized carbons (Fsp3) is 0.417. The molecule has 0 spiro atoms. The van der Waals surface area contributed by atoms with Crippen LogP contribution < -0.4 is 15.4 Å². The molecule has 1 heterocycles. The van der Waals surface area contributed by atoms with E-state index in [2.05, 4.69) is 0 Å². The van der Waals surface area contributed by atoms with Gasteiger partial charge < -0.3 is 15.4 Å². The molecule has 17 heavy (non-hydrogen) atoms. The molecule has 0 aromatic heterocycles. The molecular formula is C12H15FN2O2. The van der Waals surface area contributed by atoms with Gasteiger partial charge in [-0.3, -0.25) is 4.79 Å². The van der Waals surface area contributed by atoms with Gasteiger partial charge in [-0.05, 0) is 12.0 Å². The van der Waals surface area contributed by atoms with Crippen molar-refractivity contribution in [2.24, 2.45) is 5.92 Å². The highest BCUT2D eigenvalue weighted by Gasteiger charge is 2.27. The third-order valence-electron chi connectivity index (χ3n) is 2.57. The molecule has 0 saturated heterocycles. The van der Waals surface area contributed by atoms with Crippen molar-refractivity contribution in [2.75, 3.05) is 23.8 Å². The maximum absolute atomic E-state index is 13.3. The molecular weight excluding hydrogens is 223 g/mol. The van der Waals surface area contributed by atoms with Crippen molar-refractivity contribution >= 4 is 17.3 Å². The van der Waals surface area contributed by atoms with Gasteiger partial charge in [0.25, 0.3) is 5.91 Å². The van der Waals surface area contributed by atoms with E-state index >= 15 is 0 Å². The van der Waals surface area contributed by atoms with E-state index in [1.165, 1.54) is 12.1 Å². The lowest BCUT2D eigenvalue weighted by molar-refractivity contribution is -0.121. The van der Waals surface area contributed by atoms with Crippen molar-refractivity contribution in [3.8, 4) is 5.75 Å². The summed E-state index contributed by atoms with van der Waals surface area (Å²) >= 11 is 0. The van der Waals surface area contributed by atoms with Crippen molar-refractivity contribution in [3.05, 3.63) is 17.9 Å². The second kappa shape index (κ2) is 4.24. The van der Waals surface area contributed by atoms with Crippen LogP contribution in [0.5, 0.6) is 5.75 Å². The van der Waals surface area contributed by atoms with E-state index in [1.807, 2.05) is 13.8 Å². The van der Waals surface area contributed by atoms with E-state index in [0.29, 0.717) is 23.9 Å². The second-order valence-corrected chi connectivity index (χ2v) is 4.53. The van der Waals surface area contributed by atoms with Gasteiger partial charge in [0, 0.05) is 12.6 Å². The predicted octanol–water partition coefficient (Wildman–Crippen LogP) is 1.79. The zero-order valence-electron chi connectivity index (χ0n) is 9.87. The number of carbonyl (C=O) groups excluding carboxylic acids is 1. The van der Waals surface area contributed by atoms with Crippen LogP contribution in [-0.2, 0) is 4.79 Å². The number of hydrogen-bond donors (Lipinski definition) is 1. The Hall–Kier alpha value is -1.78. The molecule has 2 rings (SSSR count). The molecule has 2 N–H and O–H groups in total. The number of fused-ring (bicyclic) bond motifs is 1. The number of nitrogens with zero attached hydrogens (tertiary/aromatic N) is 1. The highest BCUT2D eigenvalue weighted by molar-refractivity contribution is 5.98. The van der Waals surface area contributed by atoms with Crippen LogP contribution in [-0.4, -0.2) is 19.1 Å². The van der Waals surface area contributed by atoms with E-state index in [4.69, 9.17) is 10.5 Å². The molecule has 5 heteroatoms. The average Bonchev–Trinajstić information content (AvgIpc) is 2.25. The maximum atomic E-state index is 13.3. The topological polar surface area (TPSA) is 55.6 Å². The van der Waals surface area contributed by atoms with Crippen molar-refractivity contribution in [1.29, 1.82) is 0 Å². The van der Waals surface area contributed by atoms with Gasteiger partial charge in [-0.15, -0.1) is 0 Å². The largest absolute Gasteiger partial charge is 0.481 e. The Morgan fingerprint density at radius 3 is 2.88 bits per heavy atom. The summed E-state index contributed by atoms with van der Waals surface area (Å²) in [7, 11) is 0. The lowest BCUT2D eigenvalue weighted by Gasteiger charge is -2.30. The van der Waals surface area contributed by atoms with Gasteiger partial charge >= 0.3 is 0 Å². The Morgan fingerprint density at radius 2 is 2.24 bits per heavy atom. The number of rotatable bonds is 2. The van der Waals surface area contributed by atoms with Crippen molar-refractivity contribution < 1.29 is 13.9 Å². The molecule has 1 aliphatic heterocycles. The monoisotopic (exact) mass is 238 g/mol. The molecule has 0 fully saturated rings. The Bertz CT molecular complexity index is 460. The van der Waals surface area contributed by atoms with Gasteiger partial charge in [-0.1, -0.05) is 13.8 Å². The van der Waals surface area contributed by atoms with Gasteiger partial charge in [-0.2, -0.15) is 0 Å². The van der Waals surface area contributed by atoms with Crippen LogP contribution in [0.1, 0.15) is 13.8 Å². The molecule has 1 amide bonds. The maximum Gasteiger partial charge on any atom is 0.265 e. The summed E-state index contributed by atoms with van der Waals surface area (Å²) in [6, 6.07) is 2.68. The molecule has 0 radical (unpaired) electrons. The van der Waals surface area contributed by atoms with Crippen LogP contribution in [0.3, 0.4) is 0 Å². The lowest BCUT2D eigenvalue weighted by Crippen LogP contribution is -2.41. The summed E-state index contributed by atoms with van der Waals surface area (Å²) in [5, 5.41) is 0. The summed E-state index contributed by atoms with van der Waals surface area (Å²) in [4.78, 5) is 13.4. The number of benzene rings is 1. The van der Waals surface area contributed by atoms with Crippen LogP contribution >= 0.6 is 0 Å². The summed E-state index contributed by atoms with van der Waals surface area (Å²) in [6.07, 6.45) is 0.